The van der Waals surface area contributed by atoms with Gasteiger partial charge in [0.15, 0.2) is 0 Å². The fourth-order valence-corrected chi connectivity index (χ4v) is 6.70. The molecule has 8 heteroatoms. The molecule has 0 saturated carbocycles. The number of ether oxygens (including phenoxy) is 1. The van der Waals surface area contributed by atoms with Crippen molar-refractivity contribution < 1.29 is 17.9 Å². The normalized spacial score (nSPS) is 11.6. The van der Waals surface area contributed by atoms with Gasteiger partial charge in [-0.15, -0.1) is 0 Å². The molecule has 0 bridgehead atoms. The Labute approximate surface area is 278 Å². The molecule has 1 heterocycles. The van der Waals surface area contributed by atoms with Gasteiger partial charge in [0.05, 0.1) is 35.0 Å². The molecule has 1 aromatic heterocycles. The average molecular weight is 652 g/mol. The predicted octanol–water partition coefficient (Wildman–Crippen LogP) is 9.63. The molecule has 0 fully saturated rings. The van der Waals surface area contributed by atoms with Gasteiger partial charge >= 0.3 is 5.97 Å². The van der Waals surface area contributed by atoms with Crippen LogP contribution in [0.15, 0.2) is 59.5 Å². The van der Waals surface area contributed by atoms with Gasteiger partial charge in [-0.2, -0.15) is 5.10 Å². The molecule has 0 radical (unpaired) electrons. The lowest BCUT2D eigenvalue weighted by atomic mass is 10.0. The van der Waals surface area contributed by atoms with E-state index < -0.39 is 10.0 Å². The zero-order valence-electron chi connectivity index (χ0n) is 28.6. The van der Waals surface area contributed by atoms with E-state index in [2.05, 4.69) is 41.0 Å². The zero-order chi connectivity index (χ0) is 33.0. The highest BCUT2D eigenvalue weighted by Crippen LogP contribution is 2.25. The fraction of sp³-hybridized carbons (Fsp3) is 0.579. The first-order chi connectivity index (χ1) is 22.3. The van der Waals surface area contributed by atoms with E-state index in [0.29, 0.717) is 6.61 Å². The number of nitrogens with zero attached hydrogens (tertiary/aromatic N) is 2. The van der Waals surface area contributed by atoms with Crippen molar-refractivity contribution in [3.05, 3.63) is 65.9 Å². The highest BCUT2D eigenvalue weighted by molar-refractivity contribution is 7.89. The van der Waals surface area contributed by atoms with Crippen LogP contribution in [0.1, 0.15) is 127 Å². The van der Waals surface area contributed by atoms with E-state index >= 15 is 0 Å². The molecule has 0 aliphatic carbocycles. The zero-order valence-corrected chi connectivity index (χ0v) is 29.4. The van der Waals surface area contributed by atoms with Crippen LogP contribution in [-0.4, -0.2) is 37.3 Å². The summed E-state index contributed by atoms with van der Waals surface area (Å²) in [6.07, 6.45) is 20.8. The molecule has 0 aliphatic rings. The van der Waals surface area contributed by atoms with Crippen LogP contribution < -0.4 is 4.72 Å². The molecule has 0 spiro atoms. The van der Waals surface area contributed by atoms with Crippen LogP contribution in [0, 0.1) is 13.8 Å². The van der Waals surface area contributed by atoms with Gasteiger partial charge in [0.25, 0.3) is 0 Å². The van der Waals surface area contributed by atoms with Crippen molar-refractivity contribution in [2.45, 2.75) is 135 Å². The number of benzene rings is 2. The van der Waals surface area contributed by atoms with Crippen molar-refractivity contribution in [1.29, 1.82) is 0 Å². The van der Waals surface area contributed by atoms with Crippen LogP contribution in [0.25, 0.3) is 16.9 Å². The number of rotatable bonds is 24. The first-order valence-corrected chi connectivity index (χ1v) is 19.2. The maximum absolute atomic E-state index is 12.8. The fourth-order valence-electron chi connectivity index (χ4n) is 5.67. The third-order valence-corrected chi connectivity index (χ3v) is 9.93. The van der Waals surface area contributed by atoms with Crippen molar-refractivity contribution in [3.8, 4) is 16.9 Å². The van der Waals surface area contributed by atoms with Crippen LogP contribution in [0.4, 0.5) is 0 Å². The summed E-state index contributed by atoms with van der Waals surface area (Å²) in [4.78, 5) is 12.3. The lowest BCUT2D eigenvalue weighted by molar-refractivity contribution is -0.143. The van der Waals surface area contributed by atoms with Gasteiger partial charge in [0.2, 0.25) is 10.0 Å². The second-order valence-corrected chi connectivity index (χ2v) is 14.4. The van der Waals surface area contributed by atoms with Gasteiger partial charge in [-0.3, -0.25) is 4.79 Å². The molecule has 0 amide bonds. The molecule has 3 rings (SSSR count). The molecule has 0 saturated heterocycles. The van der Waals surface area contributed by atoms with Gasteiger partial charge in [-0.25, -0.2) is 17.8 Å². The Morgan fingerprint density at radius 1 is 0.739 bits per heavy atom. The second-order valence-electron chi connectivity index (χ2n) is 12.6. The summed E-state index contributed by atoms with van der Waals surface area (Å²) in [6.45, 7) is 6.64. The number of esters is 1. The highest BCUT2D eigenvalue weighted by Gasteiger charge is 2.16. The van der Waals surface area contributed by atoms with E-state index in [-0.39, 0.29) is 23.8 Å². The molecule has 0 unspecified atom stereocenters. The van der Waals surface area contributed by atoms with E-state index in [9.17, 15) is 13.2 Å². The molecule has 1 N–H and O–H groups in total. The highest BCUT2D eigenvalue weighted by atomic mass is 32.2. The maximum atomic E-state index is 12.8. The number of aromatic nitrogens is 2. The summed E-state index contributed by atoms with van der Waals surface area (Å²) in [5, 5.41) is 4.61. The minimum atomic E-state index is -3.76. The van der Waals surface area contributed by atoms with Crippen molar-refractivity contribution in [2.75, 3.05) is 13.2 Å². The van der Waals surface area contributed by atoms with Crippen LogP contribution >= 0.6 is 0 Å². The number of unbranched alkanes of at least 4 members (excludes halogenated alkanes) is 15. The minimum Gasteiger partial charge on any atom is -0.466 e. The smallest absolute Gasteiger partial charge is 0.307 e. The van der Waals surface area contributed by atoms with Crippen LogP contribution in [-0.2, 0) is 19.6 Å². The van der Waals surface area contributed by atoms with Crippen molar-refractivity contribution in [1.82, 2.24) is 14.5 Å². The van der Waals surface area contributed by atoms with E-state index in [1.54, 1.807) is 24.3 Å². The maximum Gasteiger partial charge on any atom is 0.307 e. The predicted molar refractivity (Wildman–Crippen MR) is 189 cm³/mol. The Kier molecular flexibility index (Phi) is 17.1. The number of sulfonamides is 1. The number of aryl methyl sites for hydroxylation is 2. The average Bonchev–Trinajstić information content (AvgIpc) is 3.44. The van der Waals surface area contributed by atoms with Gasteiger partial charge in [-0.05, 0) is 50.6 Å². The third kappa shape index (κ3) is 13.8. The molecule has 3 aromatic rings. The summed E-state index contributed by atoms with van der Waals surface area (Å²) in [5.74, 6) is -0.378. The Bertz CT molecular complexity index is 1380. The SMILES string of the molecule is CCCCCCCCCCCCCCCCCCOC(=O)CCNS(=O)(=O)c1ccc(-n2nc(C)cc2-c2ccc(C)cc2)cc1. The molecule has 2 aromatic carbocycles. The summed E-state index contributed by atoms with van der Waals surface area (Å²) in [6, 6.07) is 16.8. The molecular formula is C38H57N3O4S. The van der Waals surface area contributed by atoms with Crippen molar-refractivity contribution >= 4 is 16.0 Å². The Hall–Kier alpha value is -2.97. The second kappa shape index (κ2) is 21.0. The summed E-state index contributed by atoms with van der Waals surface area (Å²) in [7, 11) is -3.76. The first kappa shape index (κ1) is 37.5. The number of carbonyl (C=O) groups is 1. The number of hydrogen-bond donors (Lipinski definition) is 1. The van der Waals surface area contributed by atoms with Crippen LogP contribution in [0.5, 0.6) is 0 Å². The molecule has 0 atom stereocenters. The van der Waals surface area contributed by atoms with Crippen LogP contribution in [0.3, 0.4) is 0 Å². The quantitative estimate of drug-likeness (QED) is 0.0769. The van der Waals surface area contributed by atoms with Gasteiger partial charge in [0, 0.05) is 12.1 Å². The number of hydrogen-bond acceptors (Lipinski definition) is 5. The Balaban J connectivity index is 1.24. The van der Waals surface area contributed by atoms with Gasteiger partial charge < -0.3 is 4.74 Å². The van der Waals surface area contributed by atoms with Gasteiger partial charge in [0.1, 0.15) is 0 Å². The van der Waals surface area contributed by atoms with E-state index in [4.69, 9.17) is 4.74 Å². The number of carbonyl (C=O) groups excluding carboxylic acids is 1. The first-order valence-electron chi connectivity index (χ1n) is 17.7. The summed E-state index contributed by atoms with van der Waals surface area (Å²) >= 11 is 0. The third-order valence-electron chi connectivity index (χ3n) is 8.45. The van der Waals surface area contributed by atoms with Crippen LogP contribution in [0.2, 0.25) is 0 Å². The lowest BCUT2D eigenvalue weighted by Crippen LogP contribution is -2.26. The molecular weight excluding hydrogens is 595 g/mol. The van der Waals surface area contributed by atoms with Crippen molar-refractivity contribution in [2.24, 2.45) is 0 Å². The van der Waals surface area contributed by atoms with Crippen molar-refractivity contribution in [3.63, 3.8) is 0 Å². The monoisotopic (exact) mass is 651 g/mol. The topological polar surface area (TPSA) is 90.3 Å². The van der Waals surface area contributed by atoms with Gasteiger partial charge in [-0.1, -0.05) is 133 Å². The van der Waals surface area contributed by atoms with E-state index in [1.165, 1.54) is 95.5 Å². The Morgan fingerprint density at radius 3 is 1.80 bits per heavy atom. The summed E-state index contributed by atoms with van der Waals surface area (Å²) in [5.41, 5.74) is 4.78. The van der Waals surface area contributed by atoms with E-state index in [1.807, 2.05) is 24.6 Å². The standard InChI is InChI=1S/C38H57N3O4S/c1-4-5-6-7-8-9-10-11-12-13-14-15-16-17-18-19-30-45-38(42)28-29-39-46(43,44)36-26-24-35(25-27-36)41-37(31-33(3)40-41)34-22-20-32(2)21-23-34/h20-27,31,39H,4-19,28-30H2,1-3H3. The molecule has 46 heavy (non-hydrogen) atoms. The lowest BCUT2D eigenvalue weighted by Gasteiger charge is -2.10. The molecule has 254 valence electrons. The molecule has 7 nitrogen and oxygen atoms in total. The van der Waals surface area contributed by atoms with E-state index in [0.717, 1.165) is 35.5 Å². The largest absolute Gasteiger partial charge is 0.466 e. The number of nitrogens with one attached hydrogen (secondary N) is 1. The minimum absolute atomic E-state index is 0.00218. The summed E-state index contributed by atoms with van der Waals surface area (Å²) < 4.78 is 35.3. The molecule has 0 aliphatic heterocycles. The Morgan fingerprint density at radius 2 is 1.26 bits per heavy atom.